The van der Waals surface area contributed by atoms with E-state index in [1.807, 2.05) is 42.5 Å². The van der Waals surface area contributed by atoms with Gasteiger partial charge in [-0.25, -0.2) is 4.98 Å². The van der Waals surface area contributed by atoms with Crippen LogP contribution in [0.3, 0.4) is 0 Å². The van der Waals surface area contributed by atoms with Gasteiger partial charge in [0.15, 0.2) is 5.13 Å². The molecule has 0 atom stereocenters. The van der Waals surface area contributed by atoms with Crippen molar-refractivity contribution < 1.29 is 4.79 Å². The Balaban J connectivity index is 1.76. The van der Waals surface area contributed by atoms with Crippen molar-refractivity contribution in [3.05, 3.63) is 83.2 Å². The molecular formula is C25H25N3OS2. The molecule has 0 fully saturated rings. The Morgan fingerprint density at radius 3 is 2.68 bits per heavy atom. The molecule has 0 aliphatic carbocycles. The fourth-order valence-corrected chi connectivity index (χ4v) is 5.52. The summed E-state index contributed by atoms with van der Waals surface area (Å²) in [4.78, 5) is 25.8. The zero-order valence-electron chi connectivity index (χ0n) is 18.1. The average Bonchev–Trinajstić information content (AvgIpc) is 3.16. The lowest BCUT2D eigenvalue weighted by molar-refractivity contribution is 0.0984. The van der Waals surface area contributed by atoms with Gasteiger partial charge in [-0.15, -0.1) is 11.8 Å². The predicted octanol–water partition coefficient (Wildman–Crippen LogP) is 6.66. The van der Waals surface area contributed by atoms with Crippen molar-refractivity contribution in [1.82, 2.24) is 9.97 Å². The summed E-state index contributed by atoms with van der Waals surface area (Å²) in [6, 6.07) is 17.9. The van der Waals surface area contributed by atoms with Crippen LogP contribution < -0.4 is 4.90 Å². The van der Waals surface area contributed by atoms with Crippen molar-refractivity contribution in [2.45, 2.75) is 44.4 Å². The quantitative estimate of drug-likeness (QED) is 0.310. The monoisotopic (exact) mass is 447 g/mol. The van der Waals surface area contributed by atoms with E-state index in [0.29, 0.717) is 22.5 Å². The zero-order chi connectivity index (χ0) is 22.0. The van der Waals surface area contributed by atoms with E-state index in [9.17, 15) is 4.79 Å². The van der Waals surface area contributed by atoms with Crippen molar-refractivity contribution in [1.29, 1.82) is 0 Å². The van der Waals surface area contributed by atoms with Gasteiger partial charge < -0.3 is 0 Å². The number of carbonyl (C=O) groups is 1. The largest absolute Gasteiger partial charge is 0.278 e. The molecule has 2 heterocycles. The van der Waals surface area contributed by atoms with Crippen LogP contribution in [0, 0.1) is 13.8 Å². The summed E-state index contributed by atoms with van der Waals surface area (Å²) in [5, 5.41) is 1.15. The molecule has 0 bridgehead atoms. The second kappa shape index (κ2) is 9.20. The third kappa shape index (κ3) is 4.97. The lowest BCUT2D eigenvalue weighted by atomic mass is 10.1. The summed E-state index contributed by atoms with van der Waals surface area (Å²) >= 11 is 3.30. The molecule has 1 amide bonds. The van der Waals surface area contributed by atoms with Crippen LogP contribution in [0.1, 0.15) is 41.0 Å². The van der Waals surface area contributed by atoms with E-state index >= 15 is 0 Å². The standard InChI is InChI=1S/C25H25N3OS2/c1-16(2)30-21-10-7-8-19(14-21)24(29)28(15-20-9-5-6-11-26-20)25-27-23-18(4)12-17(3)13-22(23)31-25/h5-14,16H,15H2,1-4H3. The normalized spacial score (nSPS) is 11.3. The minimum absolute atomic E-state index is 0.0645. The molecule has 2 aromatic heterocycles. The summed E-state index contributed by atoms with van der Waals surface area (Å²) in [5.74, 6) is -0.0645. The van der Waals surface area contributed by atoms with Gasteiger partial charge in [-0.05, 0) is 61.4 Å². The van der Waals surface area contributed by atoms with Crippen molar-refractivity contribution in [3.8, 4) is 0 Å². The highest BCUT2D eigenvalue weighted by Crippen LogP contribution is 2.33. The van der Waals surface area contributed by atoms with Gasteiger partial charge in [-0.3, -0.25) is 14.7 Å². The number of anilines is 1. The maximum atomic E-state index is 13.7. The highest BCUT2D eigenvalue weighted by molar-refractivity contribution is 7.99. The third-order valence-electron chi connectivity index (χ3n) is 4.79. The topological polar surface area (TPSA) is 46.1 Å². The number of aryl methyl sites for hydroxylation is 2. The molecule has 0 unspecified atom stereocenters. The van der Waals surface area contributed by atoms with Gasteiger partial charge in [0.2, 0.25) is 0 Å². The Morgan fingerprint density at radius 1 is 1.10 bits per heavy atom. The Bertz CT molecular complexity index is 1220. The van der Waals surface area contributed by atoms with Crippen LogP contribution in [0.4, 0.5) is 5.13 Å². The number of benzene rings is 2. The SMILES string of the molecule is Cc1cc(C)c2nc(N(Cc3ccccn3)C(=O)c3cccc(SC(C)C)c3)sc2c1. The van der Waals surface area contributed by atoms with E-state index in [2.05, 4.69) is 44.8 Å². The first kappa shape index (κ1) is 21.5. The van der Waals surface area contributed by atoms with Gasteiger partial charge in [0.05, 0.1) is 22.5 Å². The van der Waals surface area contributed by atoms with Gasteiger partial charge in [0.1, 0.15) is 0 Å². The van der Waals surface area contributed by atoms with Crippen LogP contribution in [-0.4, -0.2) is 21.1 Å². The van der Waals surface area contributed by atoms with Gasteiger partial charge in [0, 0.05) is 21.9 Å². The van der Waals surface area contributed by atoms with E-state index in [1.165, 1.54) is 5.56 Å². The third-order valence-corrected chi connectivity index (χ3v) is 6.82. The number of thiazole rings is 1. The molecule has 4 rings (SSSR count). The summed E-state index contributed by atoms with van der Waals surface area (Å²) < 4.78 is 1.09. The van der Waals surface area contributed by atoms with Crippen molar-refractivity contribution in [2.75, 3.05) is 4.90 Å². The lowest BCUT2D eigenvalue weighted by Crippen LogP contribution is -2.30. The highest BCUT2D eigenvalue weighted by atomic mass is 32.2. The van der Waals surface area contributed by atoms with Crippen molar-refractivity contribution >= 4 is 44.4 Å². The Hall–Kier alpha value is -2.70. The summed E-state index contributed by atoms with van der Waals surface area (Å²) in [5.41, 5.74) is 4.76. The summed E-state index contributed by atoms with van der Waals surface area (Å²) in [7, 11) is 0. The van der Waals surface area contributed by atoms with E-state index in [4.69, 9.17) is 4.98 Å². The molecule has 0 aliphatic heterocycles. The Morgan fingerprint density at radius 2 is 1.94 bits per heavy atom. The maximum absolute atomic E-state index is 13.7. The number of hydrogen-bond acceptors (Lipinski definition) is 5. The van der Waals surface area contributed by atoms with Crippen LogP contribution in [0.15, 0.2) is 65.7 Å². The molecule has 4 nitrogen and oxygen atoms in total. The molecule has 4 aromatic rings. The smallest absolute Gasteiger partial charge is 0.260 e. The fourth-order valence-electron chi connectivity index (χ4n) is 3.48. The molecule has 0 radical (unpaired) electrons. The average molecular weight is 448 g/mol. The second-order valence-electron chi connectivity index (χ2n) is 7.83. The number of nitrogens with zero attached hydrogens (tertiary/aromatic N) is 3. The Kier molecular flexibility index (Phi) is 6.39. The van der Waals surface area contributed by atoms with E-state index in [1.54, 1.807) is 34.2 Å². The number of fused-ring (bicyclic) bond motifs is 1. The molecule has 158 valence electrons. The first-order valence-corrected chi connectivity index (χ1v) is 12.0. The number of hydrogen-bond donors (Lipinski definition) is 0. The van der Waals surface area contributed by atoms with E-state index < -0.39 is 0 Å². The number of thioether (sulfide) groups is 1. The van der Waals surface area contributed by atoms with Gasteiger partial charge in [-0.1, -0.05) is 43.4 Å². The second-order valence-corrected chi connectivity index (χ2v) is 10.5. The fraction of sp³-hybridized carbons (Fsp3) is 0.240. The molecular weight excluding hydrogens is 422 g/mol. The van der Waals surface area contributed by atoms with Crippen LogP contribution in [0.2, 0.25) is 0 Å². The summed E-state index contributed by atoms with van der Waals surface area (Å²) in [6.07, 6.45) is 1.75. The number of carbonyl (C=O) groups excluding carboxylic acids is 1. The number of aromatic nitrogens is 2. The predicted molar refractivity (Wildman–Crippen MR) is 131 cm³/mol. The molecule has 2 aromatic carbocycles. The number of amides is 1. The molecule has 0 saturated heterocycles. The van der Waals surface area contributed by atoms with E-state index in [-0.39, 0.29) is 5.91 Å². The minimum Gasteiger partial charge on any atom is -0.278 e. The first-order valence-electron chi connectivity index (χ1n) is 10.3. The molecule has 0 spiro atoms. The summed E-state index contributed by atoms with van der Waals surface area (Å²) in [6.45, 7) is 8.83. The Labute approximate surface area is 191 Å². The molecule has 6 heteroatoms. The molecule has 31 heavy (non-hydrogen) atoms. The van der Waals surface area contributed by atoms with Gasteiger partial charge in [-0.2, -0.15) is 0 Å². The zero-order valence-corrected chi connectivity index (χ0v) is 19.8. The van der Waals surface area contributed by atoms with Crippen LogP contribution in [-0.2, 0) is 6.54 Å². The minimum atomic E-state index is -0.0645. The van der Waals surface area contributed by atoms with Gasteiger partial charge >= 0.3 is 0 Å². The molecule has 0 saturated carbocycles. The molecule has 0 N–H and O–H groups in total. The number of rotatable bonds is 6. The first-order chi connectivity index (χ1) is 14.9. The van der Waals surface area contributed by atoms with Crippen molar-refractivity contribution in [3.63, 3.8) is 0 Å². The molecule has 0 aliphatic rings. The number of pyridine rings is 1. The highest BCUT2D eigenvalue weighted by Gasteiger charge is 2.23. The van der Waals surface area contributed by atoms with Crippen molar-refractivity contribution in [2.24, 2.45) is 0 Å². The lowest BCUT2D eigenvalue weighted by Gasteiger charge is -2.20. The van der Waals surface area contributed by atoms with Crippen LogP contribution >= 0.6 is 23.1 Å². The van der Waals surface area contributed by atoms with Gasteiger partial charge in [0.25, 0.3) is 5.91 Å². The van der Waals surface area contributed by atoms with Crippen LogP contribution in [0.5, 0.6) is 0 Å². The van der Waals surface area contributed by atoms with Crippen LogP contribution in [0.25, 0.3) is 10.2 Å². The van der Waals surface area contributed by atoms with E-state index in [0.717, 1.165) is 26.4 Å². The maximum Gasteiger partial charge on any atom is 0.260 e.